The van der Waals surface area contributed by atoms with Gasteiger partial charge in [0.1, 0.15) is 0 Å². The standard InChI is InChI=1S/C13H25F3N2O/c1-3-7-17-12(10-19,11-4-5-11)9-18(2)8-6-13(14,15)16/h11,17,19H,3-10H2,1-2H3. The highest BCUT2D eigenvalue weighted by atomic mass is 19.4. The maximum atomic E-state index is 12.2. The van der Waals surface area contributed by atoms with Crippen molar-refractivity contribution in [2.45, 2.75) is 44.3 Å². The van der Waals surface area contributed by atoms with E-state index in [4.69, 9.17) is 0 Å². The summed E-state index contributed by atoms with van der Waals surface area (Å²) in [5.41, 5.74) is -0.434. The molecule has 0 saturated heterocycles. The zero-order valence-electron chi connectivity index (χ0n) is 11.8. The van der Waals surface area contributed by atoms with Crippen LogP contribution < -0.4 is 5.32 Å². The Morgan fingerprint density at radius 2 is 1.95 bits per heavy atom. The smallest absolute Gasteiger partial charge is 0.390 e. The van der Waals surface area contributed by atoms with Crippen LogP contribution in [0.1, 0.15) is 32.6 Å². The van der Waals surface area contributed by atoms with Crippen molar-refractivity contribution in [1.82, 2.24) is 10.2 Å². The third-order valence-corrected chi connectivity index (χ3v) is 3.70. The Morgan fingerprint density at radius 1 is 1.32 bits per heavy atom. The van der Waals surface area contributed by atoms with Crippen molar-refractivity contribution in [3.05, 3.63) is 0 Å². The van der Waals surface area contributed by atoms with Crippen LogP contribution in [0.3, 0.4) is 0 Å². The summed E-state index contributed by atoms with van der Waals surface area (Å²) in [5.74, 6) is 0.386. The molecule has 19 heavy (non-hydrogen) atoms. The lowest BCUT2D eigenvalue weighted by Crippen LogP contribution is -2.57. The van der Waals surface area contributed by atoms with Gasteiger partial charge >= 0.3 is 6.18 Å². The lowest BCUT2D eigenvalue weighted by atomic mass is 9.93. The highest BCUT2D eigenvalue weighted by Gasteiger charge is 2.45. The van der Waals surface area contributed by atoms with Crippen LogP contribution in [0.25, 0.3) is 0 Å². The first-order chi connectivity index (χ1) is 8.83. The molecule has 1 rings (SSSR count). The van der Waals surface area contributed by atoms with Gasteiger partial charge in [-0.2, -0.15) is 13.2 Å². The predicted molar refractivity (Wildman–Crippen MR) is 69.0 cm³/mol. The highest BCUT2D eigenvalue weighted by molar-refractivity contribution is 5.02. The van der Waals surface area contributed by atoms with Crippen LogP contribution in [0.4, 0.5) is 13.2 Å². The zero-order valence-corrected chi connectivity index (χ0v) is 11.8. The van der Waals surface area contributed by atoms with E-state index in [0.29, 0.717) is 12.5 Å². The molecule has 0 aliphatic heterocycles. The molecule has 0 spiro atoms. The summed E-state index contributed by atoms with van der Waals surface area (Å²) in [6.45, 7) is 3.24. The number of hydrogen-bond acceptors (Lipinski definition) is 3. The van der Waals surface area contributed by atoms with Crippen LogP contribution in [0.15, 0.2) is 0 Å². The van der Waals surface area contributed by atoms with Gasteiger partial charge in [0, 0.05) is 13.1 Å². The summed E-state index contributed by atoms with van der Waals surface area (Å²) in [6.07, 6.45) is -1.88. The minimum atomic E-state index is -4.12. The van der Waals surface area contributed by atoms with Gasteiger partial charge in [-0.05, 0) is 38.8 Å². The van der Waals surface area contributed by atoms with Gasteiger partial charge in [-0.3, -0.25) is 0 Å². The number of nitrogens with zero attached hydrogens (tertiary/aromatic N) is 1. The fourth-order valence-corrected chi connectivity index (χ4v) is 2.45. The lowest BCUT2D eigenvalue weighted by molar-refractivity contribution is -0.138. The molecule has 0 aromatic heterocycles. The van der Waals surface area contributed by atoms with Crippen molar-refractivity contribution in [1.29, 1.82) is 0 Å². The molecule has 1 fully saturated rings. The fraction of sp³-hybridized carbons (Fsp3) is 1.00. The average Bonchev–Trinajstić information content (AvgIpc) is 3.15. The first-order valence-electron chi connectivity index (χ1n) is 6.94. The molecule has 1 unspecified atom stereocenters. The molecule has 0 heterocycles. The van der Waals surface area contributed by atoms with Gasteiger partial charge in [-0.1, -0.05) is 6.92 Å². The minimum absolute atomic E-state index is 0.0198. The van der Waals surface area contributed by atoms with Gasteiger partial charge in [-0.25, -0.2) is 0 Å². The second kappa shape index (κ2) is 6.90. The number of likely N-dealkylation sites (N-methyl/N-ethyl adjacent to an activating group) is 1. The van der Waals surface area contributed by atoms with Crippen LogP contribution in [-0.2, 0) is 0 Å². The number of hydrogen-bond donors (Lipinski definition) is 2. The quantitative estimate of drug-likeness (QED) is 0.679. The second-order valence-corrected chi connectivity index (χ2v) is 5.62. The Hall–Kier alpha value is -0.330. The second-order valence-electron chi connectivity index (χ2n) is 5.62. The Kier molecular flexibility index (Phi) is 6.08. The molecule has 1 saturated carbocycles. The summed E-state index contributed by atoms with van der Waals surface area (Å²) in [4.78, 5) is 1.67. The molecule has 0 amide bonds. The molecule has 0 radical (unpaired) electrons. The predicted octanol–water partition coefficient (Wildman–Crippen LogP) is 2.01. The molecule has 1 atom stereocenters. The van der Waals surface area contributed by atoms with E-state index >= 15 is 0 Å². The zero-order chi connectivity index (χ0) is 14.5. The van der Waals surface area contributed by atoms with Crippen LogP contribution in [0.2, 0.25) is 0 Å². The van der Waals surface area contributed by atoms with Crippen molar-refractivity contribution in [2.75, 3.05) is 33.3 Å². The molecular formula is C13H25F3N2O. The third-order valence-electron chi connectivity index (χ3n) is 3.70. The summed E-state index contributed by atoms with van der Waals surface area (Å²) in [6, 6.07) is 0. The third kappa shape index (κ3) is 5.67. The van der Waals surface area contributed by atoms with E-state index < -0.39 is 18.1 Å². The maximum absolute atomic E-state index is 12.2. The topological polar surface area (TPSA) is 35.5 Å². The molecule has 3 nitrogen and oxygen atoms in total. The first kappa shape index (κ1) is 16.7. The number of aliphatic hydroxyl groups excluding tert-OH is 1. The van der Waals surface area contributed by atoms with Crippen LogP contribution in [0.5, 0.6) is 0 Å². The number of aliphatic hydroxyl groups is 1. The van der Waals surface area contributed by atoms with Gasteiger partial charge in [-0.15, -0.1) is 0 Å². The molecule has 0 bridgehead atoms. The van der Waals surface area contributed by atoms with Crippen molar-refractivity contribution >= 4 is 0 Å². The van der Waals surface area contributed by atoms with E-state index in [1.165, 1.54) is 0 Å². The highest BCUT2D eigenvalue weighted by Crippen LogP contribution is 2.40. The van der Waals surface area contributed by atoms with Crippen LogP contribution >= 0.6 is 0 Å². The lowest BCUT2D eigenvalue weighted by Gasteiger charge is -2.37. The monoisotopic (exact) mass is 282 g/mol. The van der Waals surface area contributed by atoms with Crippen molar-refractivity contribution in [3.8, 4) is 0 Å². The fourth-order valence-electron chi connectivity index (χ4n) is 2.45. The van der Waals surface area contributed by atoms with Gasteiger partial charge in [0.2, 0.25) is 0 Å². The largest absolute Gasteiger partial charge is 0.394 e. The van der Waals surface area contributed by atoms with Gasteiger partial charge in [0.15, 0.2) is 0 Å². The molecule has 2 N–H and O–H groups in total. The SMILES string of the molecule is CCCNC(CO)(CN(C)CCC(F)(F)F)C1CC1. The summed E-state index contributed by atoms with van der Waals surface area (Å²) in [5, 5.41) is 13.0. The molecule has 0 aromatic carbocycles. The maximum Gasteiger partial charge on any atom is 0.390 e. The Labute approximate surface area is 113 Å². The number of rotatable bonds is 9. The molecule has 1 aliphatic rings. The Balaban J connectivity index is 2.51. The molecular weight excluding hydrogens is 257 g/mol. The van der Waals surface area contributed by atoms with E-state index in [0.717, 1.165) is 25.8 Å². The Bertz CT molecular complexity index is 269. The van der Waals surface area contributed by atoms with E-state index in [1.807, 2.05) is 6.92 Å². The van der Waals surface area contributed by atoms with E-state index in [9.17, 15) is 18.3 Å². The van der Waals surface area contributed by atoms with Crippen molar-refractivity contribution in [3.63, 3.8) is 0 Å². The Morgan fingerprint density at radius 3 is 2.37 bits per heavy atom. The molecule has 6 heteroatoms. The molecule has 114 valence electrons. The van der Waals surface area contributed by atoms with E-state index in [2.05, 4.69) is 5.32 Å². The van der Waals surface area contributed by atoms with E-state index in [-0.39, 0.29) is 13.2 Å². The van der Waals surface area contributed by atoms with Gasteiger partial charge in [0.25, 0.3) is 0 Å². The van der Waals surface area contributed by atoms with Gasteiger partial charge in [0.05, 0.1) is 18.6 Å². The van der Waals surface area contributed by atoms with Crippen molar-refractivity contribution in [2.24, 2.45) is 5.92 Å². The summed E-state index contributed by atoms with van der Waals surface area (Å²) < 4.78 is 36.6. The number of alkyl halides is 3. The number of halogens is 3. The summed E-state index contributed by atoms with van der Waals surface area (Å²) in [7, 11) is 1.69. The van der Waals surface area contributed by atoms with Gasteiger partial charge < -0.3 is 15.3 Å². The van der Waals surface area contributed by atoms with E-state index in [1.54, 1.807) is 11.9 Å². The average molecular weight is 282 g/mol. The summed E-state index contributed by atoms with van der Waals surface area (Å²) >= 11 is 0. The van der Waals surface area contributed by atoms with Crippen LogP contribution in [0, 0.1) is 5.92 Å². The van der Waals surface area contributed by atoms with Crippen molar-refractivity contribution < 1.29 is 18.3 Å². The van der Waals surface area contributed by atoms with Crippen LogP contribution in [-0.4, -0.2) is 55.0 Å². The minimum Gasteiger partial charge on any atom is -0.394 e. The normalized spacial score (nSPS) is 19.7. The number of nitrogens with one attached hydrogen (secondary N) is 1. The first-order valence-corrected chi connectivity index (χ1v) is 6.94. The molecule has 1 aliphatic carbocycles. The molecule has 0 aromatic rings.